The van der Waals surface area contributed by atoms with E-state index in [1.807, 2.05) is 19.9 Å². The lowest BCUT2D eigenvalue weighted by Gasteiger charge is -2.05. The molecule has 2 heterocycles. The van der Waals surface area contributed by atoms with Crippen molar-refractivity contribution in [3.63, 3.8) is 0 Å². The quantitative estimate of drug-likeness (QED) is 0.708. The highest BCUT2D eigenvalue weighted by Crippen LogP contribution is 2.22. The Balaban J connectivity index is 1.78. The van der Waals surface area contributed by atoms with Crippen LogP contribution in [0.3, 0.4) is 0 Å². The van der Waals surface area contributed by atoms with E-state index in [2.05, 4.69) is 15.4 Å². The minimum absolute atomic E-state index is 0.267. The van der Waals surface area contributed by atoms with Crippen molar-refractivity contribution < 1.29 is 4.79 Å². The van der Waals surface area contributed by atoms with Crippen LogP contribution in [0.5, 0.6) is 0 Å². The number of aromatic nitrogens is 3. The van der Waals surface area contributed by atoms with Crippen molar-refractivity contribution in [1.82, 2.24) is 14.6 Å². The fourth-order valence-corrected chi connectivity index (χ4v) is 2.78. The van der Waals surface area contributed by atoms with Gasteiger partial charge in [0.25, 0.3) is 0 Å². The van der Waals surface area contributed by atoms with Crippen LogP contribution in [0.2, 0.25) is 10.0 Å². The first-order chi connectivity index (χ1) is 11.4. The number of rotatable bonds is 3. The van der Waals surface area contributed by atoms with Gasteiger partial charge in [0.05, 0.1) is 11.9 Å². The van der Waals surface area contributed by atoms with Gasteiger partial charge < -0.3 is 5.32 Å². The molecule has 1 aromatic carbocycles. The molecule has 0 aliphatic carbocycles. The molecule has 0 spiro atoms. The lowest BCUT2D eigenvalue weighted by atomic mass is 10.2. The van der Waals surface area contributed by atoms with Gasteiger partial charge in [0.15, 0.2) is 5.65 Å². The summed E-state index contributed by atoms with van der Waals surface area (Å²) in [5, 5.41) is 8.10. The van der Waals surface area contributed by atoms with Gasteiger partial charge in [-0.2, -0.15) is 5.10 Å². The molecular formula is C17H14Cl2N4O. The highest BCUT2D eigenvalue weighted by Gasteiger charge is 2.07. The van der Waals surface area contributed by atoms with E-state index in [-0.39, 0.29) is 5.91 Å². The second kappa shape index (κ2) is 6.63. The molecule has 0 saturated carbocycles. The zero-order valence-corrected chi connectivity index (χ0v) is 14.6. The second-order valence-corrected chi connectivity index (χ2v) is 6.17. The van der Waals surface area contributed by atoms with Crippen molar-refractivity contribution in [2.45, 2.75) is 13.8 Å². The fraction of sp³-hybridized carbons (Fsp3) is 0.118. The maximum Gasteiger partial charge on any atom is 0.248 e. The van der Waals surface area contributed by atoms with E-state index in [4.69, 9.17) is 23.2 Å². The van der Waals surface area contributed by atoms with E-state index >= 15 is 0 Å². The van der Waals surface area contributed by atoms with E-state index in [9.17, 15) is 4.79 Å². The van der Waals surface area contributed by atoms with E-state index in [1.165, 1.54) is 6.08 Å². The average molecular weight is 361 g/mol. The van der Waals surface area contributed by atoms with Gasteiger partial charge in [0, 0.05) is 16.1 Å². The van der Waals surface area contributed by atoms with Gasteiger partial charge in [-0.3, -0.25) is 4.79 Å². The van der Waals surface area contributed by atoms with Crippen molar-refractivity contribution in [2.24, 2.45) is 0 Å². The highest BCUT2D eigenvalue weighted by atomic mass is 35.5. The molecular weight excluding hydrogens is 347 g/mol. The fourth-order valence-electron chi connectivity index (χ4n) is 2.31. The predicted octanol–water partition coefficient (Wildman–Crippen LogP) is 4.30. The first-order valence-electron chi connectivity index (χ1n) is 7.20. The Morgan fingerprint density at radius 2 is 2.04 bits per heavy atom. The summed E-state index contributed by atoms with van der Waals surface area (Å²) in [5.74, 6) is 0.412. The van der Waals surface area contributed by atoms with Crippen molar-refractivity contribution >= 4 is 46.5 Å². The molecule has 1 N–H and O–H groups in total. The number of amides is 1. The lowest BCUT2D eigenvalue weighted by Crippen LogP contribution is -2.09. The van der Waals surface area contributed by atoms with E-state index < -0.39 is 0 Å². The molecule has 0 aliphatic rings. The maximum absolute atomic E-state index is 12.1. The summed E-state index contributed by atoms with van der Waals surface area (Å²) in [6.45, 7) is 3.74. The second-order valence-electron chi connectivity index (χ2n) is 5.33. The molecule has 2 aromatic heterocycles. The van der Waals surface area contributed by atoms with Crippen LogP contribution in [0.25, 0.3) is 11.7 Å². The van der Waals surface area contributed by atoms with Crippen LogP contribution in [0, 0.1) is 13.8 Å². The summed E-state index contributed by atoms with van der Waals surface area (Å²) in [6, 6.07) is 6.95. The summed E-state index contributed by atoms with van der Waals surface area (Å²) in [6.07, 6.45) is 4.78. The summed E-state index contributed by atoms with van der Waals surface area (Å²) in [5.41, 5.74) is 3.06. The van der Waals surface area contributed by atoms with Crippen molar-refractivity contribution in [3.05, 3.63) is 63.5 Å². The van der Waals surface area contributed by atoms with Crippen molar-refractivity contribution in [2.75, 3.05) is 5.32 Å². The van der Waals surface area contributed by atoms with Crippen LogP contribution in [0.4, 0.5) is 5.69 Å². The molecule has 0 bridgehead atoms. The Labute approximate surface area is 148 Å². The number of pyridine rings is 1. The van der Waals surface area contributed by atoms with E-state index in [0.717, 1.165) is 16.8 Å². The number of carbonyl (C=O) groups is 1. The number of nitrogens with one attached hydrogen (secondary N) is 1. The molecule has 0 atom stereocenters. The zero-order chi connectivity index (χ0) is 17.3. The standard InChI is InChI=1S/C17H14Cl2N4O/c1-10-7-14(9-23-17(10)20-11(2)22-23)21-16(24)6-4-12-3-5-13(18)8-15(12)19/h3-9H,1-2H3,(H,21,24)/b6-4+. The maximum atomic E-state index is 12.1. The first-order valence-corrected chi connectivity index (χ1v) is 7.96. The Kier molecular flexibility index (Phi) is 4.55. The minimum Gasteiger partial charge on any atom is -0.321 e. The van der Waals surface area contributed by atoms with Crippen LogP contribution in [-0.2, 0) is 4.79 Å². The van der Waals surface area contributed by atoms with Crippen molar-refractivity contribution in [1.29, 1.82) is 0 Å². The van der Waals surface area contributed by atoms with Crippen LogP contribution in [-0.4, -0.2) is 20.5 Å². The molecule has 1 amide bonds. The molecule has 122 valence electrons. The van der Waals surface area contributed by atoms with Gasteiger partial charge in [0.1, 0.15) is 5.82 Å². The van der Waals surface area contributed by atoms with Crippen LogP contribution in [0.1, 0.15) is 17.0 Å². The summed E-state index contributed by atoms with van der Waals surface area (Å²) >= 11 is 11.9. The molecule has 0 fully saturated rings. The molecule has 3 rings (SSSR count). The normalized spacial score (nSPS) is 11.3. The van der Waals surface area contributed by atoms with Crippen LogP contribution < -0.4 is 5.32 Å². The third kappa shape index (κ3) is 3.58. The lowest BCUT2D eigenvalue weighted by molar-refractivity contribution is -0.111. The number of nitrogens with zero attached hydrogens (tertiary/aromatic N) is 3. The number of hydrogen-bond donors (Lipinski definition) is 1. The molecule has 0 unspecified atom stereocenters. The van der Waals surface area contributed by atoms with Gasteiger partial charge in [-0.05, 0) is 49.2 Å². The molecule has 24 heavy (non-hydrogen) atoms. The number of halogens is 2. The number of fused-ring (bicyclic) bond motifs is 1. The van der Waals surface area contributed by atoms with Gasteiger partial charge in [-0.1, -0.05) is 29.3 Å². The van der Waals surface area contributed by atoms with E-state index in [0.29, 0.717) is 21.6 Å². The number of benzene rings is 1. The third-order valence-electron chi connectivity index (χ3n) is 3.37. The smallest absolute Gasteiger partial charge is 0.248 e. The van der Waals surface area contributed by atoms with Crippen LogP contribution >= 0.6 is 23.2 Å². The Morgan fingerprint density at radius 3 is 2.79 bits per heavy atom. The number of carbonyl (C=O) groups excluding carboxylic acids is 1. The van der Waals surface area contributed by atoms with E-state index in [1.54, 1.807) is 35.0 Å². The summed E-state index contributed by atoms with van der Waals surface area (Å²) in [4.78, 5) is 16.4. The van der Waals surface area contributed by atoms with Gasteiger partial charge >= 0.3 is 0 Å². The SMILES string of the molecule is Cc1nc2c(C)cc(NC(=O)/C=C/c3ccc(Cl)cc3Cl)cn2n1. The molecule has 0 aliphatic heterocycles. The van der Waals surface area contributed by atoms with Crippen molar-refractivity contribution in [3.8, 4) is 0 Å². The number of anilines is 1. The Bertz CT molecular complexity index is 963. The summed E-state index contributed by atoms with van der Waals surface area (Å²) < 4.78 is 1.65. The molecule has 3 aromatic rings. The topological polar surface area (TPSA) is 59.3 Å². The predicted molar refractivity (Wildman–Crippen MR) is 96.6 cm³/mol. The summed E-state index contributed by atoms with van der Waals surface area (Å²) in [7, 11) is 0. The Hall–Kier alpha value is -2.37. The third-order valence-corrected chi connectivity index (χ3v) is 3.93. The zero-order valence-electron chi connectivity index (χ0n) is 13.0. The monoisotopic (exact) mass is 360 g/mol. The largest absolute Gasteiger partial charge is 0.321 e. The minimum atomic E-state index is -0.267. The average Bonchev–Trinajstić information content (AvgIpc) is 2.87. The van der Waals surface area contributed by atoms with Gasteiger partial charge in [-0.15, -0.1) is 0 Å². The van der Waals surface area contributed by atoms with Gasteiger partial charge in [0.2, 0.25) is 5.91 Å². The molecule has 7 heteroatoms. The first kappa shape index (κ1) is 16.5. The Morgan fingerprint density at radius 1 is 1.25 bits per heavy atom. The molecule has 0 saturated heterocycles. The number of hydrogen-bond acceptors (Lipinski definition) is 3. The molecule has 0 radical (unpaired) electrons. The number of aryl methyl sites for hydroxylation is 2. The van der Waals surface area contributed by atoms with Crippen LogP contribution in [0.15, 0.2) is 36.5 Å². The van der Waals surface area contributed by atoms with Gasteiger partial charge in [-0.25, -0.2) is 9.50 Å². The highest BCUT2D eigenvalue weighted by molar-refractivity contribution is 6.35. The molecule has 5 nitrogen and oxygen atoms in total.